The number of fused-ring (bicyclic) bond motifs is 1. The van der Waals surface area contributed by atoms with E-state index in [9.17, 15) is 5.26 Å². The topological polar surface area (TPSA) is 54.5 Å². The number of benzene rings is 1. The van der Waals surface area contributed by atoms with Gasteiger partial charge in [0.25, 0.3) is 0 Å². The Morgan fingerprint density at radius 3 is 2.90 bits per heavy atom. The zero-order valence-electron chi connectivity index (χ0n) is 11.5. The molecule has 0 spiro atoms. The van der Waals surface area contributed by atoms with Crippen molar-refractivity contribution < 1.29 is 0 Å². The van der Waals surface area contributed by atoms with Gasteiger partial charge in [-0.05, 0) is 30.7 Å². The van der Waals surface area contributed by atoms with Crippen LogP contribution in [-0.4, -0.2) is 20.4 Å². The monoisotopic (exact) mass is 296 g/mol. The summed E-state index contributed by atoms with van der Waals surface area (Å²) in [7, 11) is 0. The van der Waals surface area contributed by atoms with E-state index < -0.39 is 0 Å². The second-order valence-electron chi connectivity index (χ2n) is 4.73. The highest BCUT2D eigenvalue weighted by Gasteiger charge is 2.16. The fraction of sp³-hybridized carbons (Fsp3) is 0.188. The van der Waals surface area contributed by atoms with Gasteiger partial charge in [0.05, 0.1) is 11.3 Å². The largest absolute Gasteiger partial charge is 0.279 e. The summed E-state index contributed by atoms with van der Waals surface area (Å²) in [4.78, 5) is 9.00. The van der Waals surface area contributed by atoms with Crippen molar-refractivity contribution in [2.24, 2.45) is 0 Å². The number of pyridine rings is 1. The van der Waals surface area contributed by atoms with Crippen LogP contribution in [0.2, 0.25) is 0 Å². The first kappa shape index (κ1) is 13.6. The number of hydrogen-bond donors (Lipinski definition) is 0. The Kier molecular flexibility index (Phi) is 3.59. The lowest BCUT2D eigenvalue weighted by Crippen LogP contribution is -2.05. The van der Waals surface area contributed by atoms with Crippen LogP contribution in [0, 0.1) is 18.3 Å². The molecule has 0 bridgehead atoms. The molecule has 4 nitrogen and oxygen atoms in total. The number of aryl methyl sites for hydroxylation is 2. The molecule has 2 aromatic heterocycles. The van der Waals surface area contributed by atoms with Crippen LogP contribution < -0.4 is 0 Å². The quantitative estimate of drug-likeness (QED) is 0.696. The summed E-state index contributed by atoms with van der Waals surface area (Å²) in [5.41, 5.74) is 3.93. The van der Waals surface area contributed by atoms with Crippen LogP contribution in [0.4, 0.5) is 0 Å². The highest BCUT2D eigenvalue weighted by Crippen LogP contribution is 2.24. The molecule has 5 heteroatoms. The molecule has 0 atom stereocenters. The molecule has 0 N–H and O–H groups in total. The number of imidazole rings is 1. The van der Waals surface area contributed by atoms with Gasteiger partial charge in [-0.2, -0.15) is 5.26 Å². The third-order valence-corrected chi connectivity index (χ3v) is 3.60. The molecule has 3 aromatic rings. The van der Waals surface area contributed by atoms with Crippen LogP contribution in [0.1, 0.15) is 17.0 Å². The molecule has 0 amide bonds. The second kappa shape index (κ2) is 5.55. The smallest absolute Gasteiger partial charge is 0.164 e. The molecule has 2 heterocycles. The Morgan fingerprint density at radius 2 is 2.14 bits per heavy atom. The molecule has 0 aliphatic heterocycles. The number of alkyl halides is 1. The predicted molar refractivity (Wildman–Crippen MR) is 82.7 cm³/mol. The van der Waals surface area contributed by atoms with Crippen LogP contribution in [0.5, 0.6) is 0 Å². The molecular formula is C16H13ClN4. The Hall–Kier alpha value is -2.38. The number of halogens is 1. The second-order valence-corrected chi connectivity index (χ2v) is 5.11. The summed E-state index contributed by atoms with van der Waals surface area (Å²) in [5, 5.41) is 9.46. The minimum Gasteiger partial charge on any atom is -0.279 e. The molecule has 0 unspecified atom stereocenters. The molecule has 104 valence electrons. The van der Waals surface area contributed by atoms with E-state index in [1.54, 1.807) is 6.20 Å². The van der Waals surface area contributed by atoms with Crippen molar-refractivity contribution in [2.45, 2.75) is 13.3 Å². The summed E-state index contributed by atoms with van der Waals surface area (Å²) < 4.78 is 1.93. The minimum atomic E-state index is 0.469. The van der Waals surface area contributed by atoms with E-state index in [-0.39, 0.29) is 0 Å². The van der Waals surface area contributed by atoms with Gasteiger partial charge in [-0.15, -0.1) is 11.6 Å². The van der Waals surface area contributed by atoms with Gasteiger partial charge in [-0.25, -0.2) is 9.97 Å². The van der Waals surface area contributed by atoms with Crippen molar-refractivity contribution in [1.29, 1.82) is 5.26 Å². The minimum absolute atomic E-state index is 0.469. The number of hydrogen-bond acceptors (Lipinski definition) is 3. The summed E-state index contributed by atoms with van der Waals surface area (Å²) in [6, 6.07) is 11.8. The van der Waals surface area contributed by atoms with E-state index >= 15 is 0 Å². The van der Waals surface area contributed by atoms with E-state index in [4.69, 9.17) is 11.6 Å². The molecule has 0 radical (unpaired) electrons. The summed E-state index contributed by atoms with van der Waals surface area (Å²) in [6.07, 6.45) is 2.35. The van der Waals surface area contributed by atoms with Crippen molar-refractivity contribution in [1.82, 2.24) is 14.5 Å². The lowest BCUT2D eigenvalue weighted by molar-refractivity contribution is 0.902. The van der Waals surface area contributed by atoms with Crippen LogP contribution >= 0.6 is 11.6 Å². The van der Waals surface area contributed by atoms with E-state index in [0.717, 1.165) is 28.2 Å². The Labute approximate surface area is 127 Å². The van der Waals surface area contributed by atoms with Crippen molar-refractivity contribution in [3.63, 3.8) is 0 Å². The Balaban J connectivity index is 2.36. The fourth-order valence-electron chi connectivity index (χ4n) is 2.45. The molecule has 21 heavy (non-hydrogen) atoms. The highest BCUT2D eigenvalue weighted by atomic mass is 35.5. The predicted octanol–water partition coefficient (Wildman–Crippen LogP) is 3.38. The Bertz CT molecular complexity index is 845. The lowest BCUT2D eigenvalue weighted by Gasteiger charge is -2.11. The fourth-order valence-corrected chi connectivity index (χ4v) is 2.62. The number of aromatic nitrogens is 3. The molecule has 3 rings (SSSR count). The van der Waals surface area contributed by atoms with Crippen molar-refractivity contribution in [3.8, 4) is 11.8 Å². The Morgan fingerprint density at radius 1 is 1.29 bits per heavy atom. The summed E-state index contributed by atoms with van der Waals surface area (Å²) >= 11 is 5.89. The van der Waals surface area contributed by atoms with E-state index in [0.29, 0.717) is 17.9 Å². The lowest BCUT2D eigenvalue weighted by atomic mass is 10.1. The van der Waals surface area contributed by atoms with Gasteiger partial charge in [0.1, 0.15) is 17.4 Å². The van der Waals surface area contributed by atoms with Gasteiger partial charge in [0.2, 0.25) is 0 Å². The van der Waals surface area contributed by atoms with Gasteiger partial charge in [0.15, 0.2) is 5.65 Å². The van der Waals surface area contributed by atoms with Crippen LogP contribution in [0.15, 0.2) is 36.5 Å². The van der Waals surface area contributed by atoms with E-state index in [1.807, 2.05) is 41.8 Å². The van der Waals surface area contributed by atoms with Crippen molar-refractivity contribution in [3.05, 3.63) is 53.5 Å². The molecule has 0 fully saturated rings. The van der Waals surface area contributed by atoms with Gasteiger partial charge in [0, 0.05) is 18.5 Å². The number of nitrogens with zero attached hydrogens (tertiary/aromatic N) is 4. The van der Waals surface area contributed by atoms with Gasteiger partial charge < -0.3 is 0 Å². The molecule has 1 aromatic carbocycles. The first-order chi connectivity index (χ1) is 10.3. The zero-order valence-corrected chi connectivity index (χ0v) is 12.3. The van der Waals surface area contributed by atoms with E-state index in [2.05, 4.69) is 16.0 Å². The van der Waals surface area contributed by atoms with Crippen LogP contribution in [0.25, 0.3) is 16.9 Å². The van der Waals surface area contributed by atoms with E-state index in [1.165, 1.54) is 0 Å². The van der Waals surface area contributed by atoms with Crippen molar-refractivity contribution >= 4 is 22.8 Å². The van der Waals surface area contributed by atoms with Gasteiger partial charge in [-0.3, -0.25) is 4.57 Å². The first-order valence-corrected chi connectivity index (χ1v) is 7.18. The molecule has 0 aliphatic carbocycles. The average molecular weight is 297 g/mol. The third-order valence-electron chi connectivity index (χ3n) is 3.41. The zero-order chi connectivity index (χ0) is 14.8. The van der Waals surface area contributed by atoms with Gasteiger partial charge in [-0.1, -0.05) is 12.1 Å². The average Bonchev–Trinajstić information content (AvgIpc) is 2.85. The highest BCUT2D eigenvalue weighted by molar-refractivity contribution is 6.17. The van der Waals surface area contributed by atoms with Crippen molar-refractivity contribution in [2.75, 3.05) is 5.88 Å². The summed E-state index contributed by atoms with van der Waals surface area (Å²) in [6.45, 7) is 1.93. The maximum atomic E-state index is 9.46. The maximum Gasteiger partial charge on any atom is 0.164 e. The molecule has 0 aliphatic rings. The maximum absolute atomic E-state index is 9.46. The van der Waals surface area contributed by atoms with Crippen LogP contribution in [-0.2, 0) is 6.42 Å². The standard InChI is InChI=1S/C16H13ClN4/c1-11-4-2-6-14(12(11)10-18)21-15(7-8-17)20-13-5-3-9-19-16(13)21/h2-6,9H,7-8H2,1H3. The normalized spacial score (nSPS) is 10.7. The summed E-state index contributed by atoms with van der Waals surface area (Å²) in [5.74, 6) is 1.29. The number of nitriles is 1. The van der Waals surface area contributed by atoms with Crippen LogP contribution in [0.3, 0.4) is 0 Å². The molecule has 0 saturated carbocycles. The third kappa shape index (κ3) is 2.26. The molecule has 0 saturated heterocycles. The molecular weight excluding hydrogens is 284 g/mol. The SMILES string of the molecule is Cc1cccc(-n2c(CCCl)nc3cccnc32)c1C#N. The number of rotatable bonds is 3. The van der Waals surface area contributed by atoms with Gasteiger partial charge >= 0.3 is 0 Å². The first-order valence-electron chi connectivity index (χ1n) is 6.64.